The van der Waals surface area contributed by atoms with Crippen LogP contribution >= 0.6 is 0 Å². The summed E-state index contributed by atoms with van der Waals surface area (Å²) in [6, 6.07) is 35.6. The molecular weight excluding hydrogens is 470 g/mol. The predicted molar refractivity (Wildman–Crippen MR) is 152 cm³/mol. The predicted octanol–water partition coefficient (Wildman–Crippen LogP) is 6.16. The molecule has 1 aromatic heterocycles. The molecule has 0 saturated heterocycles. The van der Waals surface area contributed by atoms with Gasteiger partial charge in [0.25, 0.3) is 0 Å². The average Bonchev–Trinajstić information content (AvgIpc) is 3.62. The molecule has 0 bridgehead atoms. The Bertz CT molecular complexity index is 1560. The number of benzene rings is 4. The van der Waals surface area contributed by atoms with E-state index in [1.165, 1.54) is 11.1 Å². The number of rotatable bonds is 6. The van der Waals surface area contributed by atoms with Crippen LogP contribution in [0.15, 0.2) is 113 Å². The molecular formula is C33H27N3O2. The fourth-order valence-corrected chi connectivity index (χ4v) is 5.34. The molecule has 3 heterocycles. The number of hydrogen-bond acceptors (Lipinski definition) is 5. The van der Waals surface area contributed by atoms with Crippen molar-refractivity contribution >= 4 is 33.6 Å². The number of aliphatic imine (C=N–C) groups is 2. The minimum Gasteiger partial charge on any atom is -0.475 e. The largest absolute Gasteiger partial charge is 0.475 e. The molecule has 5 nitrogen and oxygen atoms in total. The highest BCUT2D eigenvalue weighted by atomic mass is 16.5. The lowest BCUT2D eigenvalue weighted by Crippen LogP contribution is -2.09. The van der Waals surface area contributed by atoms with Crippen LogP contribution in [0.25, 0.3) is 21.8 Å². The molecule has 0 saturated carbocycles. The van der Waals surface area contributed by atoms with Gasteiger partial charge in [0.2, 0.25) is 11.8 Å². The number of pyridine rings is 1. The van der Waals surface area contributed by atoms with E-state index in [2.05, 4.69) is 66.7 Å². The summed E-state index contributed by atoms with van der Waals surface area (Å²) in [5.74, 6) is 1.33. The van der Waals surface area contributed by atoms with Crippen LogP contribution in [-0.4, -0.2) is 42.1 Å². The van der Waals surface area contributed by atoms with E-state index in [9.17, 15) is 0 Å². The van der Waals surface area contributed by atoms with Crippen LogP contribution in [-0.2, 0) is 22.3 Å². The van der Waals surface area contributed by atoms with Crippen molar-refractivity contribution in [3.05, 3.63) is 125 Å². The van der Waals surface area contributed by atoms with Gasteiger partial charge in [-0.05, 0) is 42.2 Å². The molecule has 2 atom stereocenters. The normalized spacial score (nSPS) is 18.7. The molecule has 0 fully saturated rings. The Morgan fingerprint density at radius 3 is 1.50 bits per heavy atom. The van der Waals surface area contributed by atoms with E-state index >= 15 is 0 Å². The fourth-order valence-electron chi connectivity index (χ4n) is 5.34. The molecule has 0 amide bonds. The molecule has 5 heteroatoms. The second-order valence-corrected chi connectivity index (χ2v) is 9.92. The summed E-state index contributed by atoms with van der Waals surface area (Å²) in [4.78, 5) is 15.0. The number of hydrogen-bond donors (Lipinski definition) is 0. The Kier molecular flexibility index (Phi) is 5.82. The minimum atomic E-state index is 0.0986. The zero-order valence-corrected chi connectivity index (χ0v) is 21.0. The van der Waals surface area contributed by atoms with Gasteiger partial charge in [0.1, 0.15) is 13.2 Å². The maximum Gasteiger partial charge on any atom is 0.218 e. The van der Waals surface area contributed by atoms with Gasteiger partial charge in [-0.3, -0.25) is 0 Å². The standard InChI is InChI=1S/C33H27N3O2/c1-3-9-22(10-4-1)17-26-20-37-32(34-26)28-15-7-13-24-19-25-14-8-16-29(31(25)36-30(24)28)33-35-27(21-38-33)18-23-11-5-2-6-12-23/h1-16,19,26-27H,17-18,20-21H2/t26-,27-/m0/s1. The van der Waals surface area contributed by atoms with Crippen molar-refractivity contribution < 1.29 is 9.47 Å². The van der Waals surface area contributed by atoms with Gasteiger partial charge >= 0.3 is 0 Å². The second-order valence-electron chi connectivity index (χ2n) is 9.92. The molecule has 186 valence electrons. The molecule has 5 aromatic rings. The van der Waals surface area contributed by atoms with Gasteiger partial charge in [-0.2, -0.15) is 0 Å². The smallest absolute Gasteiger partial charge is 0.218 e. The topological polar surface area (TPSA) is 56.1 Å². The first-order valence-electron chi connectivity index (χ1n) is 13.1. The van der Waals surface area contributed by atoms with E-state index in [1.54, 1.807) is 0 Å². The highest BCUT2D eigenvalue weighted by Gasteiger charge is 2.25. The van der Waals surface area contributed by atoms with E-state index in [0.29, 0.717) is 25.0 Å². The van der Waals surface area contributed by atoms with Crippen molar-refractivity contribution in [2.24, 2.45) is 9.98 Å². The van der Waals surface area contributed by atoms with Gasteiger partial charge < -0.3 is 9.47 Å². The van der Waals surface area contributed by atoms with Crippen molar-refractivity contribution in [1.82, 2.24) is 4.98 Å². The van der Waals surface area contributed by atoms with Gasteiger partial charge in [-0.1, -0.05) is 84.9 Å². The first kappa shape index (κ1) is 22.7. The van der Waals surface area contributed by atoms with Crippen LogP contribution in [0.3, 0.4) is 0 Å². The summed E-state index contributed by atoms with van der Waals surface area (Å²) in [7, 11) is 0. The maximum atomic E-state index is 6.11. The number of fused-ring (bicyclic) bond motifs is 2. The molecule has 2 aliphatic rings. The maximum absolute atomic E-state index is 6.11. The first-order chi connectivity index (χ1) is 18.8. The van der Waals surface area contributed by atoms with E-state index in [-0.39, 0.29) is 12.1 Å². The summed E-state index contributed by atoms with van der Waals surface area (Å²) in [6.45, 7) is 1.15. The molecule has 4 aromatic carbocycles. The van der Waals surface area contributed by atoms with Gasteiger partial charge in [0.05, 0.1) is 34.2 Å². The third-order valence-electron chi connectivity index (χ3n) is 7.18. The summed E-state index contributed by atoms with van der Waals surface area (Å²) in [5.41, 5.74) is 6.13. The van der Waals surface area contributed by atoms with Crippen molar-refractivity contribution in [2.45, 2.75) is 24.9 Å². The Morgan fingerprint density at radius 1 is 0.553 bits per heavy atom. The fraction of sp³-hybridized carbons (Fsp3) is 0.182. The van der Waals surface area contributed by atoms with Crippen LogP contribution in [0.5, 0.6) is 0 Å². The number of para-hydroxylation sites is 2. The molecule has 0 aliphatic carbocycles. The summed E-state index contributed by atoms with van der Waals surface area (Å²) in [6.07, 6.45) is 1.72. The van der Waals surface area contributed by atoms with Crippen LogP contribution < -0.4 is 0 Å². The van der Waals surface area contributed by atoms with E-state index in [4.69, 9.17) is 24.4 Å². The van der Waals surface area contributed by atoms with Gasteiger partial charge in [-0.25, -0.2) is 15.0 Å². The third-order valence-corrected chi connectivity index (χ3v) is 7.18. The van der Waals surface area contributed by atoms with Gasteiger partial charge in [0.15, 0.2) is 0 Å². The van der Waals surface area contributed by atoms with Crippen molar-refractivity contribution in [3.8, 4) is 0 Å². The highest BCUT2D eigenvalue weighted by molar-refractivity contribution is 6.12. The van der Waals surface area contributed by atoms with E-state index < -0.39 is 0 Å². The summed E-state index contributed by atoms with van der Waals surface area (Å²) in [5, 5.41) is 2.11. The lowest BCUT2D eigenvalue weighted by Gasteiger charge is -2.10. The van der Waals surface area contributed by atoms with Crippen LogP contribution in [0.4, 0.5) is 0 Å². The Balaban J connectivity index is 1.24. The first-order valence-corrected chi connectivity index (χ1v) is 13.1. The molecule has 0 spiro atoms. The highest BCUT2D eigenvalue weighted by Crippen LogP contribution is 2.28. The Labute approximate surface area is 221 Å². The third kappa shape index (κ3) is 4.41. The summed E-state index contributed by atoms with van der Waals surface area (Å²) >= 11 is 0. The molecule has 0 unspecified atom stereocenters. The van der Waals surface area contributed by atoms with Crippen LogP contribution in [0.2, 0.25) is 0 Å². The molecule has 38 heavy (non-hydrogen) atoms. The average molecular weight is 498 g/mol. The van der Waals surface area contributed by atoms with E-state index in [0.717, 1.165) is 45.8 Å². The summed E-state index contributed by atoms with van der Waals surface area (Å²) < 4.78 is 12.2. The quantitative estimate of drug-likeness (QED) is 0.264. The number of nitrogens with zero attached hydrogens (tertiary/aromatic N) is 3. The Morgan fingerprint density at radius 2 is 1.03 bits per heavy atom. The molecule has 0 radical (unpaired) electrons. The van der Waals surface area contributed by atoms with Crippen molar-refractivity contribution in [3.63, 3.8) is 0 Å². The molecule has 7 rings (SSSR count). The Hall–Kier alpha value is -4.51. The lowest BCUT2D eigenvalue weighted by molar-refractivity contribution is 0.317. The van der Waals surface area contributed by atoms with Gasteiger partial charge in [-0.15, -0.1) is 0 Å². The minimum absolute atomic E-state index is 0.0986. The van der Waals surface area contributed by atoms with Gasteiger partial charge in [0, 0.05) is 10.8 Å². The van der Waals surface area contributed by atoms with Crippen LogP contribution in [0, 0.1) is 0 Å². The molecule has 0 N–H and O–H groups in total. The van der Waals surface area contributed by atoms with Crippen molar-refractivity contribution in [2.75, 3.05) is 13.2 Å². The lowest BCUT2D eigenvalue weighted by atomic mass is 10.0. The van der Waals surface area contributed by atoms with Crippen molar-refractivity contribution in [1.29, 1.82) is 0 Å². The molecule has 2 aliphatic heterocycles. The zero-order chi connectivity index (χ0) is 25.3. The van der Waals surface area contributed by atoms with Crippen LogP contribution in [0.1, 0.15) is 22.3 Å². The number of aromatic nitrogens is 1. The monoisotopic (exact) mass is 497 g/mol. The zero-order valence-electron chi connectivity index (χ0n) is 21.0. The second kappa shape index (κ2) is 9.75. The van der Waals surface area contributed by atoms with E-state index in [1.807, 2.05) is 36.4 Å². The number of ether oxygens (including phenoxy) is 2. The SMILES string of the molecule is c1ccc(C[C@H]2COC(c3cccc4cc5cccc(C6=N[C@@H](Cc7ccccc7)CO6)c5nc34)=N2)cc1.